The van der Waals surface area contributed by atoms with Gasteiger partial charge in [0.2, 0.25) is 0 Å². The molecule has 0 unspecified atom stereocenters. The summed E-state index contributed by atoms with van der Waals surface area (Å²) in [6, 6.07) is 0. The molecule has 1 nitrogen and oxygen atoms in total. The van der Waals surface area contributed by atoms with E-state index in [1.807, 2.05) is 0 Å². The molecule has 0 radical (unpaired) electrons. The van der Waals surface area contributed by atoms with E-state index in [9.17, 15) is 0 Å². The molecule has 15 heavy (non-hydrogen) atoms. The lowest BCUT2D eigenvalue weighted by atomic mass is 9.91. The van der Waals surface area contributed by atoms with Crippen molar-refractivity contribution in [3.05, 3.63) is 12.2 Å². The molecule has 1 fully saturated rings. The summed E-state index contributed by atoms with van der Waals surface area (Å²) in [4.78, 5) is 0. The van der Waals surface area contributed by atoms with Crippen LogP contribution in [0.15, 0.2) is 12.2 Å². The molecule has 1 aliphatic rings. The largest absolute Gasteiger partial charge is 0.370 e. The first-order valence-electron chi connectivity index (χ1n) is 5.75. The van der Waals surface area contributed by atoms with Gasteiger partial charge in [-0.15, -0.1) is 23.2 Å². The molecule has 1 saturated heterocycles. The average molecular weight is 251 g/mol. The number of ether oxygens (including phenoxy) is 1. The standard InChI is InChI=1S/C12H20Cl2O/c1-3-5-6-12-10(8-13)11(14)7-9(4-2)15-12/h5-6,9-12H,3-4,7-8H2,1-2H3/b6-5+/t9-,10-,11+,12+/m0/s1. The fourth-order valence-electron chi connectivity index (χ4n) is 1.92. The van der Waals surface area contributed by atoms with Crippen LogP contribution in [-0.4, -0.2) is 23.5 Å². The second-order valence-electron chi connectivity index (χ2n) is 4.04. The Hall–Kier alpha value is 0.280. The van der Waals surface area contributed by atoms with Crippen LogP contribution in [0.5, 0.6) is 0 Å². The summed E-state index contributed by atoms with van der Waals surface area (Å²) in [6.07, 6.45) is 7.61. The smallest absolute Gasteiger partial charge is 0.0813 e. The van der Waals surface area contributed by atoms with E-state index < -0.39 is 0 Å². The van der Waals surface area contributed by atoms with Crippen LogP contribution in [0.2, 0.25) is 0 Å². The second kappa shape index (κ2) is 6.78. The molecular weight excluding hydrogens is 231 g/mol. The van der Waals surface area contributed by atoms with E-state index >= 15 is 0 Å². The molecule has 1 heterocycles. The zero-order valence-corrected chi connectivity index (χ0v) is 11.0. The molecule has 0 aromatic heterocycles. The highest BCUT2D eigenvalue weighted by molar-refractivity contribution is 6.22. The Morgan fingerprint density at radius 3 is 2.67 bits per heavy atom. The first-order chi connectivity index (χ1) is 7.22. The van der Waals surface area contributed by atoms with E-state index in [2.05, 4.69) is 26.0 Å². The third kappa shape index (κ3) is 3.65. The lowest BCUT2D eigenvalue weighted by Gasteiger charge is -2.37. The van der Waals surface area contributed by atoms with Gasteiger partial charge in [0.15, 0.2) is 0 Å². The van der Waals surface area contributed by atoms with Crippen molar-refractivity contribution in [2.75, 3.05) is 5.88 Å². The van der Waals surface area contributed by atoms with Crippen molar-refractivity contribution in [1.29, 1.82) is 0 Å². The predicted molar refractivity (Wildman–Crippen MR) is 66.9 cm³/mol. The maximum atomic E-state index is 6.33. The van der Waals surface area contributed by atoms with Gasteiger partial charge in [-0.3, -0.25) is 0 Å². The number of hydrogen-bond acceptors (Lipinski definition) is 1. The molecule has 0 saturated carbocycles. The fourth-order valence-corrected chi connectivity index (χ4v) is 2.83. The van der Waals surface area contributed by atoms with E-state index in [4.69, 9.17) is 27.9 Å². The summed E-state index contributed by atoms with van der Waals surface area (Å²) in [5, 5.41) is 0.146. The Morgan fingerprint density at radius 2 is 2.13 bits per heavy atom. The molecule has 0 amide bonds. The van der Waals surface area contributed by atoms with E-state index in [-0.39, 0.29) is 17.4 Å². The van der Waals surface area contributed by atoms with Crippen LogP contribution in [0.1, 0.15) is 33.1 Å². The van der Waals surface area contributed by atoms with Gasteiger partial charge < -0.3 is 4.74 Å². The Balaban J connectivity index is 2.65. The second-order valence-corrected chi connectivity index (χ2v) is 4.91. The molecule has 1 rings (SSSR count). The third-order valence-corrected chi connectivity index (χ3v) is 3.78. The minimum absolute atomic E-state index is 0.101. The molecule has 0 N–H and O–H groups in total. The van der Waals surface area contributed by atoms with Gasteiger partial charge >= 0.3 is 0 Å². The van der Waals surface area contributed by atoms with Crippen LogP contribution in [0, 0.1) is 5.92 Å². The fraction of sp³-hybridized carbons (Fsp3) is 0.833. The Labute approximate surface area is 103 Å². The number of hydrogen-bond donors (Lipinski definition) is 0. The molecule has 0 aliphatic carbocycles. The highest BCUT2D eigenvalue weighted by Crippen LogP contribution is 2.32. The summed E-state index contributed by atoms with van der Waals surface area (Å²) in [5.41, 5.74) is 0. The number of rotatable bonds is 4. The predicted octanol–water partition coefficient (Wildman–Crippen LogP) is 3.98. The highest BCUT2D eigenvalue weighted by atomic mass is 35.5. The molecular formula is C12H20Cl2O. The van der Waals surface area contributed by atoms with E-state index in [1.54, 1.807) is 0 Å². The third-order valence-electron chi connectivity index (χ3n) is 2.92. The van der Waals surface area contributed by atoms with Crippen LogP contribution >= 0.6 is 23.2 Å². The maximum absolute atomic E-state index is 6.33. The van der Waals surface area contributed by atoms with Crippen LogP contribution in [0.3, 0.4) is 0 Å². The first kappa shape index (κ1) is 13.3. The lowest BCUT2D eigenvalue weighted by Crippen LogP contribution is -2.41. The minimum Gasteiger partial charge on any atom is -0.370 e. The van der Waals surface area contributed by atoms with Crippen LogP contribution in [-0.2, 0) is 4.74 Å². The van der Waals surface area contributed by atoms with Gasteiger partial charge in [-0.05, 0) is 19.3 Å². The Kier molecular flexibility index (Phi) is 6.03. The van der Waals surface area contributed by atoms with Crippen LogP contribution in [0.4, 0.5) is 0 Å². The molecule has 0 bridgehead atoms. The Morgan fingerprint density at radius 1 is 1.40 bits per heavy atom. The van der Waals surface area contributed by atoms with Gasteiger partial charge in [0.25, 0.3) is 0 Å². The summed E-state index contributed by atoms with van der Waals surface area (Å²) >= 11 is 12.3. The quantitative estimate of drug-likeness (QED) is 0.542. The SMILES string of the molecule is CC/C=C/[C@H]1O[C@@H](CC)C[C@@H](Cl)[C@@H]1CCl. The van der Waals surface area contributed by atoms with Crippen molar-refractivity contribution in [2.45, 2.75) is 50.7 Å². The molecule has 1 aliphatic heterocycles. The number of halogens is 2. The first-order valence-corrected chi connectivity index (χ1v) is 6.72. The summed E-state index contributed by atoms with van der Waals surface area (Å²) in [6.45, 7) is 4.25. The maximum Gasteiger partial charge on any atom is 0.0813 e. The average Bonchev–Trinajstić information content (AvgIpc) is 2.25. The zero-order valence-electron chi connectivity index (χ0n) is 9.46. The van der Waals surface area contributed by atoms with Crippen LogP contribution < -0.4 is 0 Å². The normalized spacial score (nSPS) is 37.3. The van der Waals surface area contributed by atoms with Gasteiger partial charge in [0, 0.05) is 17.2 Å². The van der Waals surface area contributed by atoms with Crippen molar-refractivity contribution < 1.29 is 4.74 Å². The minimum atomic E-state index is 0.101. The van der Waals surface area contributed by atoms with Gasteiger partial charge in [-0.1, -0.05) is 26.0 Å². The monoisotopic (exact) mass is 250 g/mol. The molecule has 0 aromatic carbocycles. The van der Waals surface area contributed by atoms with E-state index in [0.717, 1.165) is 19.3 Å². The van der Waals surface area contributed by atoms with E-state index in [0.29, 0.717) is 12.0 Å². The molecule has 0 spiro atoms. The number of allylic oxidation sites excluding steroid dienone is 1. The van der Waals surface area contributed by atoms with Crippen molar-refractivity contribution in [2.24, 2.45) is 5.92 Å². The number of alkyl halides is 2. The molecule has 4 atom stereocenters. The highest BCUT2D eigenvalue weighted by Gasteiger charge is 2.35. The van der Waals surface area contributed by atoms with Crippen molar-refractivity contribution in [3.63, 3.8) is 0 Å². The molecule has 3 heteroatoms. The zero-order chi connectivity index (χ0) is 11.3. The van der Waals surface area contributed by atoms with Gasteiger partial charge in [-0.2, -0.15) is 0 Å². The molecule has 0 aromatic rings. The van der Waals surface area contributed by atoms with E-state index in [1.165, 1.54) is 0 Å². The van der Waals surface area contributed by atoms with Crippen molar-refractivity contribution in [3.8, 4) is 0 Å². The van der Waals surface area contributed by atoms with Crippen LogP contribution in [0.25, 0.3) is 0 Å². The van der Waals surface area contributed by atoms with Gasteiger partial charge in [0.1, 0.15) is 0 Å². The van der Waals surface area contributed by atoms with Gasteiger partial charge in [-0.25, -0.2) is 0 Å². The van der Waals surface area contributed by atoms with Crippen molar-refractivity contribution >= 4 is 23.2 Å². The van der Waals surface area contributed by atoms with Gasteiger partial charge in [0.05, 0.1) is 12.2 Å². The topological polar surface area (TPSA) is 9.23 Å². The summed E-state index contributed by atoms with van der Waals surface area (Å²) in [7, 11) is 0. The Bertz CT molecular complexity index is 206. The molecule has 88 valence electrons. The summed E-state index contributed by atoms with van der Waals surface area (Å²) < 4.78 is 5.96. The lowest BCUT2D eigenvalue weighted by molar-refractivity contribution is -0.0515. The van der Waals surface area contributed by atoms with Crippen molar-refractivity contribution in [1.82, 2.24) is 0 Å². The summed E-state index contributed by atoms with van der Waals surface area (Å²) in [5.74, 6) is 0.822.